The average molecular weight is 224 g/mol. The summed E-state index contributed by atoms with van der Waals surface area (Å²) >= 11 is 0. The lowest BCUT2D eigenvalue weighted by atomic mass is 10.00. The van der Waals surface area contributed by atoms with E-state index in [9.17, 15) is 0 Å². The molecule has 0 radical (unpaired) electrons. The highest BCUT2D eigenvalue weighted by Crippen LogP contribution is 2.22. The first-order valence-electron chi connectivity index (χ1n) is 5.62. The quantitative estimate of drug-likeness (QED) is 0.839. The van der Waals surface area contributed by atoms with Crippen molar-refractivity contribution in [3.63, 3.8) is 0 Å². The molecule has 1 aliphatic heterocycles. The van der Waals surface area contributed by atoms with Crippen molar-refractivity contribution in [2.45, 2.75) is 5.92 Å². The molecule has 2 aromatic rings. The van der Waals surface area contributed by atoms with Crippen LogP contribution in [0.2, 0.25) is 0 Å². The van der Waals surface area contributed by atoms with Gasteiger partial charge in [0.1, 0.15) is 0 Å². The first kappa shape index (κ1) is 10.1. The molecular weight excluding hydrogens is 212 g/mol. The third-order valence-electron chi connectivity index (χ3n) is 3.14. The van der Waals surface area contributed by atoms with Crippen LogP contribution in [0, 0.1) is 11.3 Å². The zero-order valence-corrected chi connectivity index (χ0v) is 9.30. The van der Waals surface area contributed by atoms with Crippen molar-refractivity contribution < 1.29 is 0 Å². The summed E-state index contributed by atoms with van der Waals surface area (Å²) in [5.41, 5.74) is 2.97. The SMILES string of the molecule is N#Cc1ccc(-n2cncc2C2CNC2)cc1. The maximum absolute atomic E-state index is 8.77. The standard InChI is InChI=1S/C13H12N4/c14-5-10-1-3-12(4-2-10)17-9-16-8-13(17)11-6-15-7-11/h1-4,8-9,11,15H,6-7H2. The van der Waals surface area contributed by atoms with Gasteiger partial charge in [0.2, 0.25) is 0 Å². The number of nitrogens with zero attached hydrogens (tertiary/aromatic N) is 3. The molecule has 1 fully saturated rings. The van der Waals surface area contributed by atoms with Gasteiger partial charge in [0.05, 0.1) is 18.0 Å². The van der Waals surface area contributed by atoms with Gasteiger partial charge in [-0.15, -0.1) is 0 Å². The van der Waals surface area contributed by atoms with E-state index in [1.165, 1.54) is 5.69 Å². The molecule has 3 rings (SSSR count). The summed E-state index contributed by atoms with van der Waals surface area (Å²) in [5, 5.41) is 12.0. The average Bonchev–Trinajstić information content (AvgIpc) is 2.76. The van der Waals surface area contributed by atoms with E-state index in [-0.39, 0.29) is 0 Å². The monoisotopic (exact) mass is 224 g/mol. The van der Waals surface area contributed by atoms with E-state index in [1.807, 2.05) is 36.8 Å². The van der Waals surface area contributed by atoms with Crippen molar-refractivity contribution in [1.82, 2.24) is 14.9 Å². The van der Waals surface area contributed by atoms with Crippen LogP contribution >= 0.6 is 0 Å². The minimum atomic E-state index is 0.549. The number of nitrogens with one attached hydrogen (secondary N) is 1. The van der Waals surface area contributed by atoms with E-state index in [1.54, 1.807) is 0 Å². The Bertz CT molecular complexity index is 558. The van der Waals surface area contributed by atoms with Crippen molar-refractivity contribution in [1.29, 1.82) is 5.26 Å². The lowest BCUT2D eigenvalue weighted by Crippen LogP contribution is -2.40. The van der Waals surface area contributed by atoms with Crippen molar-refractivity contribution in [2.24, 2.45) is 0 Å². The number of rotatable bonds is 2. The summed E-state index contributed by atoms with van der Waals surface area (Å²) in [6.45, 7) is 2.03. The van der Waals surface area contributed by atoms with Gasteiger partial charge in [0, 0.05) is 36.6 Å². The molecule has 1 N–H and O–H groups in total. The number of hydrogen-bond donors (Lipinski definition) is 1. The van der Waals surface area contributed by atoms with Crippen LogP contribution in [0.4, 0.5) is 0 Å². The van der Waals surface area contributed by atoms with Gasteiger partial charge in [0.15, 0.2) is 0 Å². The molecule has 1 saturated heterocycles. The Balaban J connectivity index is 1.97. The first-order chi connectivity index (χ1) is 8.38. The summed E-state index contributed by atoms with van der Waals surface area (Å²) in [4.78, 5) is 4.21. The Morgan fingerprint density at radius 1 is 1.29 bits per heavy atom. The molecule has 0 bridgehead atoms. The molecule has 0 unspecified atom stereocenters. The lowest BCUT2D eigenvalue weighted by molar-refractivity contribution is 0.435. The van der Waals surface area contributed by atoms with Gasteiger partial charge in [0.25, 0.3) is 0 Å². The smallest absolute Gasteiger partial charge is 0.0994 e. The van der Waals surface area contributed by atoms with Gasteiger partial charge in [-0.3, -0.25) is 0 Å². The molecule has 0 saturated carbocycles. The van der Waals surface area contributed by atoms with Gasteiger partial charge in [-0.25, -0.2) is 4.98 Å². The first-order valence-corrected chi connectivity index (χ1v) is 5.62. The van der Waals surface area contributed by atoms with Crippen molar-refractivity contribution in [2.75, 3.05) is 13.1 Å². The summed E-state index contributed by atoms with van der Waals surface area (Å²) in [7, 11) is 0. The molecule has 2 heterocycles. The third-order valence-corrected chi connectivity index (χ3v) is 3.14. The molecule has 1 aromatic carbocycles. The topological polar surface area (TPSA) is 53.6 Å². The van der Waals surface area contributed by atoms with Crippen molar-refractivity contribution >= 4 is 0 Å². The van der Waals surface area contributed by atoms with Crippen molar-refractivity contribution in [3.05, 3.63) is 48.0 Å². The summed E-state index contributed by atoms with van der Waals surface area (Å²) in [6.07, 6.45) is 3.75. The second-order valence-corrected chi connectivity index (χ2v) is 4.20. The zero-order chi connectivity index (χ0) is 11.7. The Morgan fingerprint density at radius 2 is 2.06 bits per heavy atom. The van der Waals surface area contributed by atoms with Crippen LogP contribution < -0.4 is 5.32 Å². The Kier molecular flexibility index (Phi) is 2.39. The maximum Gasteiger partial charge on any atom is 0.0994 e. The van der Waals surface area contributed by atoms with Crippen LogP contribution in [0.5, 0.6) is 0 Å². The van der Waals surface area contributed by atoms with Crippen LogP contribution in [0.25, 0.3) is 5.69 Å². The summed E-state index contributed by atoms with van der Waals surface area (Å²) < 4.78 is 2.09. The van der Waals surface area contributed by atoms with E-state index in [4.69, 9.17) is 5.26 Å². The van der Waals surface area contributed by atoms with Crippen LogP contribution in [-0.4, -0.2) is 22.6 Å². The van der Waals surface area contributed by atoms with E-state index in [0.717, 1.165) is 18.8 Å². The maximum atomic E-state index is 8.77. The predicted molar refractivity (Wildman–Crippen MR) is 63.9 cm³/mol. The molecule has 0 aliphatic carbocycles. The second kappa shape index (κ2) is 4.04. The molecule has 4 nitrogen and oxygen atoms in total. The Hall–Kier alpha value is -2.12. The highest BCUT2D eigenvalue weighted by Gasteiger charge is 2.22. The second-order valence-electron chi connectivity index (χ2n) is 4.20. The van der Waals surface area contributed by atoms with E-state index in [2.05, 4.69) is 20.9 Å². The Morgan fingerprint density at radius 3 is 2.65 bits per heavy atom. The minimum Gasteiger partial charge on any atom is -0.315 e. The van der Waals surface area contributed by atoms with E-state index in [0.29, 0.717) is 11.5 Å². The molecule has 0 amide bonds. The number of imidazole rings is 1. The van der Waals surface area contributed by atoms with Crippen molar-refractivity contribution in [3.8, 4) is 11.8 Å². The van der Waals surface area contributed by atoms with Crippen LogP contribution in [0.1, 0.15) is 17.2 Å². The molecule has 17 heavy (non-hydrogen) atoms. The minimum absolute atomic E-state index is 0.549. The number of aromatic nitrogens is 2. The third kappa shape index (κ3) is 1.71. The van der Waals surface area contributed by atoms with Crippen LogP contribution in [-0.2, 0) is 0 Å². The normalized spacial score (nSPS) is 15.2. The van der Waals surface area contributed by atoms with E-state index < -0.39 is 0 Å². The molecule has 1 aliphatic rings. The molecule has 84 valence electrons. The summed E-state index contributed by atoms with van der Waals surface area (Å²) in [6, 6.07) is 9.70. The molecule has 0 spiro atoms. The fourth-order valence-corrected chi connectivity index (χ4v) is 2.02. The fraction of sp³-hybridized carbons (Fsp3) is 0.231. The number of benzene rings is 1. The van der Waals surface area contributed by atoms with Gasteiger partial charge in [-0.05, 0) is 24.3 Å². The Labute approximate surface area is 99.5 Å². The number of hydrogen-bond acceptors (Lipinski definition) is 3. The highest BCUT2D eigenvalue weighted by atomic mass is 15.1. The lowest BCUT2D eigenvalue weighted by Gasteiger charge is -2.27. The van der Waals surface area contributed by atoms with Gasteiger partial charge in [-0.2, -0.15) is 5.26 Å². The van der Waals surface area contributed by atoms with Gasteiger partial charge in [-0.1, -0.05) is 0 Å². The molecular formula is C13H12N4. The molecule has 4 heteroatoms. The molecule has 1 aromatic heterocycles. The number of nitriles is 1. The van der Waals surface area contributed by atoms with Crippen LogP contribution in [0.3, 0.4) is 0 Å². The van der Waals surface area contributed by atoms with Gasteiger partial charge < -0.3 is 9.88 Å². The fourth-order valence-electron chi connectivity index (χ4n) is 2.02. The van der Waals surface area contributed by atoms with Crippen LogP contribution in [0.15, 0.2) is 36.8 Å². The molecule has 0 atom stereocenters. The van der Waals surface area contributed by atoms with Gasteiger partial charge >= 0.3 is 0 Å². The highest BCUT2D eigenvalue weighted by molar-refractivity contribution is 5.41. The van der Waals surface area contributed by atoms with E-state index >= 15 is 0 Å². The zero-order valence-electron chi connectivity index (χ0n) is 9.30. The summed E-state index contributed by atoms with van der Waals surface area (Å²) in [5.74, 6) is 0.549. The predicted octanol–water partition coefficient (Wildman–Crippen LogP) is 1.43. The largest absolute Gasteiger partial charge is 0.315 e.